The standard InChI is InChI=1S/C19H25NO4S/c1-4-7-15-8-11-17(12-9-15)25(21,22)20-16-10-13-18(23-5-2)19(14-16)24-6-3/h8-14,20H,4-7H2,1-3H3. The van der Waals surface area contributed by atoms with Gasteiger partial charge in [-0.25, -0.2) is 8.42 Å². The van der Waals surface area contributed by atoms with E-state index in [1.807, 2.05) is 26.0 Å². The highest BCUT2D eigenvalue weighted by molar-refractivity contribution is 7.92. The molecule has 6 heteroatoms. The molecular weight excluding hydrogens is 338 g/mol. The summed E-state index contributed by atoms with van der Waals surface area (Å²) in [5, 5.41) is 0. The van der Waals surface area contributed by atoms with Crippen molar-refractivity contribution in [3.05, 3.63) is 48.0 Å². The molecule has 0 aliphatic carbocycles. The maximum Gasteiger partial charge on any atom is 0.261 e. The number of anilines is 1. The number of rotatable bonds is 9. The van der Waals surface area contributed by atoms with Gasteiger partial charge in [-0.3, -0.25) is 4.72 Å². The number of hydrogen-bond acceptors (Lipinski definition) is 4. The second-order valence-electron chi connectivity index (χ2n) is 5.53. The average molecular weight is 363 g/mol. The van der Waals surface area contributed by atoms with E-state index in [1.165, 1.54) is 0 Å². The van der Waals surface area contributed by atoms with Gasteiger partial charge in [0.2, 0.25) is 0 Å². The molecule has 25 heavy (non-hydrogen) atoms. The lowest BCUT2D eigenvalue weighted by atomic mass is 10.1. The van der Waals surface area contributed by atoms with Crippen molar-refractivity contribution in [3.8, 4) is 11.5 Å². The van der Waals surface area contributed by atoms with Gasteiger partial charge < -0.3 is 9.47 Å². The van der Waals surface area contributed by atoms with E-state index in [0.29, 0.717) is 30.4 Å². The normalized spacial score (nSPS) is 11.2. The SMILES string of the molecule is CCCc1ccc(S(=O)(=O)Nc2ccc(OCC)c(OCC)c2)cc1. The van der Waals surface area contributed by atoms with Gasteiger partial charge >= 0.3 is 0 Å². The Morgan fingerprint density at radius 2 is 1.52 bits per heavy atom. The summed E-state index contributed by atoms with van der Waals surface area (Å²) in [7, 11) is -3.65. The molecule has 0 saturated carbocycles. The van der Waals surface area contributed by atoms with E-state index in [0.717, 1.165) is 18.4 Å². The van der Waals surface area contributed by atoms with Crippen LogP contribution in [0.15, 0.2) is 47.4 Å². The van der Waals surface area contributed by atoms with Crippen LogP contribution in [0, 0.1) is 0 Å². The Balaban J connectivity index is 2.23. The number of benzene rings is 2. The zero-order valence-corrected chi connectivity index (χ0v) is 15.7. The summed E-state index contributed by atoms with van der Waals surface area (Å²) >= 11 is 0. The molecule has 0 fully saturated rings. The largest absolute Gasteiger partial charge is 0.490 e. The Labute approximate surface area is 150 Å². The van der Waals surface area contributed by atoms with E-state index in [4.69, 9.17) is 9.47 Å². The van der Waals surface area contributed by atoms with E-state index in [9.17, 15) is 8.42 Å². The smallest absolute Gasteiger partial charge is 0.261 e. The Hall–Kier alpha value is -2.21. The number of hydrogen-bond donors (Lipinski definition) is 1. The lowest BCUT2D eigenvalue weighted by molar-refractivity contribution is 0.288. The number of sulfonamides is 1. The summed E-state index contributed by atoms with van der Waals surface area (Å²) in [6.07, 6.45) is 1.96. The first-order chi connectivity index (χ1) is 12.0. The summed E-state index contributed by atoms with van der Waals surface area (Å²) in [6, 6.07) is 12.0. The van der Waals surface area contributed by atoms with Crippen molar-refractivity contribution >= 4 is 15.7 Å². The van der Waals surface area contributed by atoms with Gasteiger partial charge in [0.15, 0.2) is 11.5 Å². The van der Waals surface area contributed by atoms with Crippen LogP contribution in [0.2, 0.25) is 0 Å². The van der Waals surface area contributed by atoms with Crippen molar-refractivity contribution in [1.82, 2.24) is 0 Å². The highest BCUT2D eigenvalue weighted by Crippen LogP contribution is 2.31. The van der Waals surface area contributed by atoms with E-state index < -0.39 is 10.0 Å². The summed E-state index contributed by atoms with van der Waals surface area (Å²) in [5.41, 5.74) is 1.56. The molecular formula is C19H25NO4S. The van der Waals surface area contributed by atoms with Gasteiger partial charge in [-0.1, -0.05) is 25.5 Å². The average Bonchev–Trinajstić information content (AvgIpc) is 2.58. The topological polar surface area (TPSA) is 64.6 Å². The van der Waals surface area contributed by atoms with Crippen LogP contribution in [0.3, 0.4) is 0 Å². The van der Waals surface area contributed by atoms with Crippen LogP contribution in [-0.4, -0.2) is 21.6 Å². The quantitative estimate of drug-likeness (QED) is 0.724. The van der Waals surface area contributed by atoms with E-state index >= 15 is 0 Å². The van der Waals surface area contributed by atoms with E-state index in [2.05, 4.69) is 11.6 Å². The van der Waals surface area contributed by atoms with Crippen LogP contribution in [-0.2, 0) is 16.4 Å². The predicted octanol–water partition coefficient (Wildman–Crippen LogP) is 4.24. The van der Waals surface area contributed by atoms with Crippen molar-refractivity contribution in [1.29, 1.82) is 0 Å². The molecule has 0 unspecified atom stereocenters. The highest BCUT2D eigenvalue weighted by atomic mass is 32.2. The molecule has 0 bridgehead atoms. The van der Waals surface area contributed by atoms with Crippen LogP contribution < -0.4 is 14.2 Å². The van der Waals surface area contributed by atoms with Gasteiger partial charge in [-0.05, 0) is 50.1 Å². The number of aryl methyl sites for hydroxylation is 1. The van der Waals surface area contributed by atoms with Crippen LogP contribution in [0.25, 0.3) is 0 Å². The molecule has 0 heterocycles. The summed E-state index contributed by atoms with van der Waals surface area (Å²) in [6.45, 7) is 6.82. The molecule has 0 radical (unpaired) electrons. The second-order valence-corrected chi connectivity index (χ2v) is 7.21. The third-order valence-electron chi connectivity index (χ3n) is 3.57. The maximum atomic E-state index is 12.6. The Kier molecular flexibility index (Phi) is 6.70. The van der Waals surface area contributed by atoms with Gasteiger partial charge in [-0.2, -0.15) is 0 Å². The Morgan fingerprint density at radius 3 is 2.12 bits per heavy atom. The first-order valence-electron chi connectivity index (χ1n) is 8.51. The lowest BCUT2D eigenvalue weighted by Crippen LogP contribution is -2.13. The van der Waals surface area contributed by atoms with Crippen LogP contribution in [0.4, 0.5) is 5.69 Å². The molecule has 2 rings (SSSR count). The fraction of sp³-hybridized carbons (Fsp3) is 0.368. The summed E-state index contributed by atoms with van der Waals surface area (Å²) < 4.78 is 38.8. The first-order valence-corrected chi connectivity index (χ1v) is 9.99. The minimum absolute atomic E-state index is 0.235. The molecule has 0 saturated heterocycles. The predicted molar refractivity (Wildman–Crippen MR) is 100 cm³/mol. The van der Waals surface area contributed by atoms with Gasteiger partial charge in [0.05, 0.1) is 23.8 Å². The lowest BCUT2D eigenvalue weighted by Gasteiger charge is -2.14. The van der Waals surface area contributed by atoms with Gasteiger partial charge in [0.25, 0.3) is 10.0 Å². The fourth-order valence-electron chi connectivity index (χ4n) is 2.45. The van der Waals surface area contributed by atoms with E-state index in [1.54, 1.807) is 30.3 Å². The monoisotopic (exact) mass is 363 g/mol. The first kappa shape index (κ1) is 19.1. The molecule has 0 aliphatic heterocycles. The minimum Gasteiger partial charge on any atom is -0.490 e. The molecule has 0 aromatic heterocycles. The van der Waals surface area contributed by atoms with Crippen LogP contribution in [0.1, 0.15) is 32.8 Å². The molecule has 136 valence electrons. The molecule has 5 nitrogen and oxygen atoms in total. The fourth-order valence-corrected chi connectivity index (χ4v) is 3.50. The molecule has 0 amide bonds. The molecule has 0 spiro atoms. The van der Waals surface area contributed by atoms with Crippen LogP contribution >= 0.6 is 0 Å². The Morgan fingerprint density at radius 1 is 0.880 bits per heavy atom. The zero-order chi connectivity index (χ0) is 18.3. The van der Waals surface area contributed by atoms with Crippen molar-refractivity contribution in [2.45, 2.75) is 38.5 Å². The third kappa shape index (κ3) is 5.13. The number of ether oxygens (including phenoxy) is 2. The minimum atomic E-state index is -3.65. The maximum absolute atomic E-state index is 12.6. The van der Waals surface area contributed by atoms with Crippen LogP contribution in [0.5, 0.6) is 11.5 Å². The molecule has 0 aliphatic rings. The molecule has 1 N–H and O–H groups in total. The Bertz CT molecular complexity index is 786. The van der Waals surface area contributed by atoms with Crippen molar-refractivity contribution < 1.29 is 17.9 Å². The van der Waals surface area contributed by atoms with Gasteiger partial charge in [0.1, 0.15) is 0 Å². The second kappa shape index (κ2) is 8.76. The summed E-state index contributed by atoms with van der Waals surface area (Å²) in [5.74, 6) is 1.11. The highest BCUT2D eigenvalue weighted by Gasteiger charge is 2.15. The molecule has 0 atom stereocenters. The zero-order valence-electron chi connectivity index (χ0n) is 14.9. The van der Waals surface area contributed by atoms with Gasteiger partial charge in [0, 0.05) is 6.07 Å². The molecule has 2 aromatic rings. The third-order valence-corrected chi connectivity index (χ3v) is 4.97. The number of nitrogens with one attached hydrogen (secondary N) is 1. The summed E-state index contributed by atoms with van der Waals surface area (Å²) in [4.78, 5) is 0.235. The van der Waals surface area contributed by atoms with Gasteiger partial charge in [-0.15, -0.1) is 0 Å². The van der Waals surface area contributed by atoms with Crippen molar-refractivity contribution in [3.63, 3.8) is 0 Å². The van der Waals surface area contributed by atoms with Crippen molar-refractivity contribution in [2.75, 3.05) is 17.9 Å². The van der Waals surface area contributed by atoms with E-state index in [-0.39, 0.29) is 4.90 Å². The van der Waals surface area contributed by atoms with Crippen molar-refractivity contribution in [2.24, 2.45) is 0 Å². The molecule has 2 aromatic carbocycles.